The fraction of sp³-hybridized carbons (Fsp3) is 0.212. The number of benzene rings is 4. The van der Waals surface area contributed by atoms with Crippen LogP contribution in [-0.4, -0.2) is 18.1 Å². The number of nitrogens with one attached hydrogen (secondary N) is 1. The predicted octanol–water partition coefficient (Wildman–Crippen LogP) is 6.46. The Bertz CT molecular complexity index is 1330. The maximum absolute atomic E-state index is 13.2. The molecule has 0 radical (unpaired) electrons. The summed E-state index contributed by atoms with van der Waals surface area (Å²) in [5.74, 6) is 0.217. The van der Waals surface area contributed by atoms with Gasteiger partial charge in [-0.15, -0.1) is 0 Å². The number of hydrogen-bond acceptors (Lipinski definition) is 5. The third kappa shape index (κ3) is 8.47. The molecule has 0 fully saturated rings. The lowest BCUT2D eigenvalue weighted by Crippen LogP contribution is -2.43. The van der Waals surface area contributed by atoms with E-state index >= 15 is 0 Å². The number of carbonyl (C=O) groups excluding carboxylic acids is 2. The Balaban J connectivity index is 1.45. The van der Waals surface area contributed by atoms with Crippen molar-refractivity contribution < 1.29 is 23.8 Å². The molecule has 1 N–H and O–H groups in total. The minimum atomic E-state index is -0.925. The summed E-state index contributed by atoms with van der Waals surface area (Å²) in [6.45, 7) is 4.61. The molecule has 6 heteroatoms. The molecule has 4 aromatic carbocycles. The summed E-state index contributed by atoms with van der Waals surface area (Å²) in [7, 11) is 0. The first kappa shape index (κ1) is 27.5. The topological polar surface area (TPSA) is 73.9 Å². The second kappa shape index (κ2) is 13.8. The van der Waals surface area contributed by atoms with Gasteiger partial charge in [0.15, 0.2) is 0 Å². The lowest BCUT2D eigenvalue weighted by molar-refractivity contribution is -0.147. The summed E-state index contributed by atoms with van der Waals surface area (Å²) in [5, 5.41) is 2.72. The van der Waals surface area contributed by atoms with Crippen LogP contribution in [0.25, 0.3) is 0 Å². The largest absolute Gasteiger partial charge is 0.489 e. The molecule has 4 rings (SSSR count). The zero-order valence-corrected chi connectivity index (χ0v) is 22.3. The Morgan fingerprint density at radius 2 is 1.13 bits per heavy atom. The molecule has 0 aromatic heterocycles. The van der Waals surface area contributed by atoms with Gasteiger partial charge in [-0.3, -0.25) is 0 Å². The number of ether oxygens (including phenoxy) is 3. The summed E-state index contributed by atoms with van der Waals surface area (Å²) in [6.07, 6.45) is -0.427. The Hall–Kier alpha value is -4.58. The summed E-state index contributed by atoms with van der Waals surface area (Å²) >= 11 is 0. The fourth-order valence-electron chi connectivity index (χ4n) is 4.23. The molecule has 0 aliphatic carbocycles. The average Bonchev–Trinajstić information content (AvgIpc) is 2.96. The molecule has 4 aromatic rings. The van der Waals surface area contributed by atoms with Crippen molar-refractivity contribution >= 4 is 12.1 Å². The number of amides is 1. The van der Waals surface area contributed by atoms with Crippen LogP contribution in [0.4, 0.5) is 4.79 Å². The standard InChI is InChI=1S/C33H33NO5/c1-24-18-29(37-21-26-12-6-3-7-13-26)19-25(2)30(24)20-31(32(35)38-22-27-14-8-4-9-15-27)34-33(36)39-23-28-16-10-5-11-17-28/h3-19,31H,20-23H2,1-2H3,(H,34,36). The highest BCUT2D eigenvalue weighted by molar-refractivity contribution is 5.81. The van der Waals surface area contributed by atoms with E-state index in [4.69, 9.17) is 14.2 Å². The SMILES string of the molecule is Cc1cc(OCc2ccccc2)cc(C)c1CC(NC(=O)OCc1ccccc1)C(=O)OCc1ccccc1. The first-order valence-corrected chi connectivity index (χ1v) is 12.9. The number of alkyl carbamates (subject to hydrolysis) is 1. The van der Waals surface area contributed by atoms with E-state index in [0.717, 1.165) is 39.1 Å². The summed E-state index contributed by atoms with van der Waals surface area (Å²) in [4.78, 5) is 25.8. The summed E-state index contributed by atoms with van der Waals surface area (Å²) in [5.41, 5.74) is 5.65. The first-order valence-electron chi connectivity index (χ1n) is 12.9. The van der Waals surface area contributed by atoms with Crippen molar-refractivity contribution in [1.82, 2.24) is 5.32 Å². The Morgan fingerprint density at radius 3 is 1.64 bits per heavy atom. The van der Waals surface area contributed by atoms with Crippen LogP contribution in [0, 0.1) is 13.8 Å². The van der Waals surface area contributed by atoms with Crippen molar-refractivity contribution in [2.24, 2.45) is 0 Å². The molecule has 0 bridgehead atoms. The number of aryl methyl sites for hydroxylation is 2. The molecule has 0 aliphatic rings. The van der Waals surface area contributed by atoms with Gasteiger partial charge in [-0.25, -0.2) is 9.59 Å². The molecule has 6 nitrogen and oxygen atoms in total. The smallest absolute Gasteiger partial charge is 0.408 e. The molecule has 0 heterocycles. The van der Waals surface area contributed by atoms with Crippen molar-refractivity contribution in [2.75, 3.05) is 0 Å². The average molecular weight is 524 g/mol. The van der Waals surface area contributed by atoms with Gasteiger partial charge in [0.05, 0.1) is 0 Å². The molecular formula is C33H33NO5. The number of esters is 1. The molecule has 200 valence electrons. The van der Waals surface area contributed by atoms with Crippen molar-refractivity contribution in [1.29, 1.82) is 0 Å². The van der Waals surface area contributed by atoms with E-state index in [2.05, 4.69) is 5.32 Å². The summed E-state index contributed by atoms with van der Waals surface area (Å²) < 4.78 is 17.0. The third-order valence-corrected chi connectivity index (χ3v) is 6.34. The monoisotopic (exact) mass is 523 g/mol. The molecule has 1 atom stereocenters. The quantitative estimate of drug-likeness (QED) is 0.228. The van der Waals surface area contributed by atoms with Crippen LogP contribution in [0.2, 0.25) is 0 Å². The second-order valence-electron chi connectivity index (χ2n) is 9.37. The number of hydrogen-bond donors (Lipinski definition) is 1. The molecular weight excluding hydrogens is 490 g/mol. The van der Waals surface area contributed by atoms with Gasteiger partial charge in [0.25, 0.3) is 0 Å². The minimum Gasteiger partial charge on any atom is -0.489 e. The van der Waals surface area contributed by atoms with Gasteiger partial charge in [-0.1, -0.05) is 91.0 Å². The molecule has 0 saturated heterocycles. The minimum absolute atomic E-state index is 0.101. The maximum Gasteiger partial charge on any atom is 0.408 e. The van der Waals surface area contributed by atoms with Crippen LogP contribution in [0.1, 0.15) is 33.4 Å². The highest BCUT2D eigenvalue weighted by atomic mass is 16.6. The Kier molecular flexibility index (Phi) is 9.73. The fourth-order valence-corrected chi connectivity index (χ4v) is 4.23. The van der Waals surface area contributed by atoms with Gasteiger partial charge < -0.3 is 19.5 Å². The lowest BCUT2D eigenvalue weighted by Gasteiger charge is -2.21. The van der Waals surface area contributed by atoms with Gasteiger partial charge in [0, 0.05) is 6.42 Å². The van der Waals surface area contributed by atoms with E-state index in [9.17, 15) is 9.59 Å². The van der Waals surface area contributed by atoms with Crippen molar-refractivity contribution in [3.63, 3.8) is 0 Å². The lowest BCUT2D eigenvalue weighted by atomic mass is 9.96. The van der Waals surface area contributed by atoms with Gasteiger partial charge in [0.1, 0.15) is 31.6 Å². The molecule has 0 aliphatic heterocycles. The molecule has 39 heavy (non-hydrogen) atoms. The molecule has 1 amide bonds. The maximum atomic E-state index is 13.2. The van der Waals surface area contributed by atoms with E-state index in [1.54, 1.807) is 0 Å². The first-order chi connectivity index (χ1) is 19.0. The van der Waals surface area contributed by atoms with Crippen molar-refractivity contribution in [3.8, 4) is 5.75 Å². The van der Waals surface area contributed by atoms with Crippen molar-refractivity contribution in [2.45, 2.75) is 46.1 Å². The van der Waals surface area contributed by atoms with Crippen LogP contribution >= 0.6 is 0 Å². The predicted molar refractivity (Wildman–Crippen MR) is 150 cm³/mol. The molecule has 0 spiro atoms. The zero-order chi connectivity index (χ0) is 27.5. The molecule has 1 unspecified atom stereocenters. The van der Waals surface area contributed by atoms with Crippen LogP contribution < -0.4 is 10.1 Å². The third-order valence-electron chi connectivity index (χ3n) is 6.34. The van der Waals surface area contributed by atoms with Crippen LogP contribution in [0.5, 0.6) is 5.75 Å². The van der Waals surface area contributed by atoms with Crippen LogP contribution in [-0.2, 0) is 40.5 Å². The van der Waals surface area contributed by atoms with Crippen LogP contribution in [0.15, 0.2) is 103 Å². The van der Waals surface area contributed by atoms with Gasteiger partial charge >= 0.3 is 12.1 Å². The van der Waals surface area contributed by atoms with E-state index < -0.39 is 18.1 Å². The second-order valence-corrected chi connectivity index (χ2v) is 9.37. The summed E-state index contributed by atoms with van der Waals surface area (Å²) in [6, 6.07) is 31.7. The van der Waals surface area contributed by atoms with Gasteiger partial charge in [0.2, 0.25) is 0 Å². The van der Waals surface area contributed by atoms with E-state index in [1.165, 1.54) is 0 Å². The van der Waals surface area contributed by atoms with Gasteiger partial charge in [-0.2, -0.15) is 0 Å². The molecule has 0 saturated carbocycles. The van der Waals surface area contributed by atoms with E-state index in [1.807, 2.05) is 117 Å². The van der Waals surface area contributed by atoms with Crippen molar-refractivity contribution in [3.05, 3.63) is 137 Å². The van der Waals surface area contributed by atoms with Crippen LogP contribution in [0.3, 0.4) is 0 Å². The Labute approximate surface area is 229 Å². The number of rotatable bonds is 11. The number of carbonyl (C=O) groups is 2. The highest BCUT2D eigenvalue weighted by Gasteiger charge is 2.25. The van der Waals surface area contributed by atoms with E-state index in [0.29, 0.717) is 6.61 Å². The zero-order valence-electron chi connectivity index (χ0n) is 22.3. The highest BCUT2D eigenvalue weighted by Crippen LogP contribution is 2.24. The Morgan fingerprint density at radius 1 is 0.667 bits per heavy atom. The normalized spacial score (nSPS) is 11.3. The van der Waals surface area contributed by atoms with E-state index in [-0.39, 0.29) is 19.6 Å². The van der Waals surface area contributed by atoms with Gasteiger partial charge in [-0.05, 0) is 59.4 Å².